The van der Waals surface area contributed by atoms with Crippen molar-refractivity contribution in [1.29, 1.82) is 0 Å². The number of carbonyl (C=O) groups excluding carboxylic acids is 6. The standard InChI is InChI=1S/C70H100N10O8/c1-47(71-3)63(81)75-59(53-37-21-11-22-38-53)69(87)79-45-27-41-55(79)65(83)77-61(57(49-29-13-7-14-30-49)50-31-15-8-16-32-50)67(85)73-43-25-5-6-26-44-74-68(86)62(58(51-33-17-9-18-34-51)52-35-19-10-20-36-52)78-66(84)56-42-28-46-80(56)70(88)60(54-39-23-12-24-40-54)76-64(82)48(2)72-4/h7-10,13-20,29-36,47-48,53-62,65,69,71-72,77,83,87H,5-6,11-12,21-28,37-46H2,1-4H3,(H,73,85)(H,74,86)(H,75,81)(H,76,82)(H,78,84)/t47-,48-,55-,56-,59-,60-,61-,62-,65?,69?/m0/s1. The van der Waals surface area contributed by atoms with E-state index in [0.29, 0.717) is 58.3 Å². The predicted octanol–water partition coefficient (Wildman–Crippen LogP) is 6.32. The van der Waals surface area contributed by atoms with Gasteiger partial charge in [-0.15, -0.1) is 0 Å². The molecule has 2 heterocycles. The molecule has 2 aliphatic carbocycles. The summed E-state index contributed by atoms with van der Waals surface area (Å²) in [5.41, 5.74) is 3.49. The molecule has 88 heavy (non-hydrogen) atoms. The third kappa shape index (κ3) is 18.1. The van der Waals surface area contributed by atoms with Crippen LogP contribution in [0.1, 0.15) is 164 Å². The molecule has 0 radical (unpaired) electrons. The lowest BCUT2D eigenvalue weighted by Crippen LogP contribution is -2.62. The summed E-state index contributed by atoms with van der Waals surface area (Å²) in [7, 11) is 3.45. The van der Waals surface area contributed by atoms with Gasteiger partial charge in [0, 0.05) is 38.0 Å². The van der Waals surface area contributed by atoms with Gasteiger partial charge in [0.05, 0.1) is 30.2 Å². The van der Waals surface area contributed by atoms with Gasteiger partial charge in [-0.2, -0.15) is 0 Å². The maximum absolute atomic E-state index is 14.8. The third-order valence-electron chi connectivity index (χ3n) is 19.2. The topological polar surface area (TPSA) is 246 Å². The highest BCUT2D eigenvalue weighted by Gasteiger charge is 2.45. The zero-order valence-corrected chi connectivity index (χ0v) is 52.4. The molecule has 4 fully saturated rings. The van der Waals surface area contributed by atoms with Crippen molar-refractivity contribution in [3.63, 3.8) is 0 Å². The molecule has 10 atom stereocenters. The van der Waals surface area contributed by atoms with Gasteiger partial charge in [0.1, 0.15) is 30.6 Å². The number of nitrogens with zero attached hydrogens (tertiary/aromatic N) is 2. The Morgan fingerprint density at radius 3 is 1.42 bits per heavy atom. The van der Waals surface area contributed by atoms with Crippen LogP contribution in [0.4, 0.5) is 0 Å². The van der Waals surface area contributed by atoms with Crippen molar-refractivity contribution in [2.24, 2.45) is 11.8 Å². The van der Waals surface area contributed by atoms with Crippen LogP contribution in [-0.4, -0.2) is 157 Å². The number of nitrogens with one attached hydrogen (secondary N) is 8. The van der Waals surface area contributed by atoms with Crippen LogP contribution in [0.5, 0.6) is 0 Å². The lowest BCUT2D eigenvalue weighted by molar-refractivity contribution is -0.143. The SMILES string of the molecule is CN[C@@H](C)C(=O)N[C@@H](C1CCCCC1)C(O)N1CCC[C@H]1C(O)N[C@H](C(=O)NCCCCCCNC(=O)[C@@H](NC(=O)[C@@H]1CCCN1C(=O)[C@@H](NC(=O)[C@H](C)NC)C1CCCCC1)C(c1ccccc1)c1ccccc1)C(c1ccccc1)c1ccccc1. The third-order valence-corrected chi connectivity index (χ3v) is 19.2. The number of aliphatic hydroxyl groups is 2. The highest BCUT2D eigenvalue weighted by atomic mass is 16.3. The van der Waals surface area contributed by atoms with Gasteiger partial charge in [0.2, 0.25) is 35.4 Å². The summed E-state index contributed by atoms with van der Waals surface area (Å²) in [5, 5.41) is 49.8. The zero-order valence-electron chi connectivity index (χ0n) is 52.4. The first kappa shape index (κ1) is 67.4. The quantitative estimate of drug-likeness (QED) is 0.0197. The van der Waals surface area contributed by atoms with Gasteiger partial charge in [-0.05, 0) is 126 Å². The maximum atomic E-state index is 14.8. The second-order valence-corrected chi connectivity index (χ2v) is 25.1. The molecule has 0 aromatic heterocycles. The van der Waals surface area contributed by atoms with Crippen molar-refractivity contribution < 1.29 is 39.0 Å². The van der Waals surface area contributed by atoms with Crippen molar-refractivity contribution in [2.45, 2.75) is 202 Å². The van der Waals surface area contributed by atoms with Crippen LogP contribution in [0, 0.1) is 11.8 Å². The fourth-order valence-electron chi connectivity index (χ4n) is 14.0. The van der Waals surface area contributed by atoms with Crippen LogP contribution in [0.25, 0.3) is 0 Å². The van der Waals surface area contributed by atoms with Crippen LogP contribution >= 0.6 is 0 Å². The number of unbranched alkanes of at least 4 members (excludes halogenated alkanes) is 3. The maximum Gasteiger partial charge on any atom is 0.246 e. The number of aliphatic hydroxyl groups excluding tert-OH is 2. The van der Waals surface area contributed by atoms with Crippen LogP contribution in [-0.2, 0) is 28.8 Å². The van der Waals surface area contributed by atoms with Crippen LogP contribution in [0.3, 0.4) is 0 Å². The molecule has 4 aromatic rings. The largest absolute Gasteiger partial charge is 0.377 e. The van der Waals surface area contributed by atoms with Crippen molar-refractivity contribution >= 4 is 35.4 Å². The summed E-state index contributed by atoms with van der Waals surface area (Å²) in [4.78, 5) is 89.3. The molecule has 2 aliphatic heterocycles. The summed E-state index contributed by atoms with van der Waals surface area (Å²) in [6.45, 7) is 5.16. The number of rotatable bonds is 31. The van der Waals surface area contributed by atoms with Crippen LogP contribution in [0.2, 0.25) is 0 Å². The van der Waals surface area contributed by atoms with Crippen molar-refractivity contribution in [2.75, 3.05) is 40.3 Å². The molecule has 2 unspecified atom stereocenters. The Hall–Kier alpha value is -6.54. The van der Waals surface area contributed by atoms with E-state index in [2.05, 4.69) is 42.5 Å². The Bertz CT molecular complexity index is 2710. The minimum Gasteiger partial charge on any atom is -0.377 e. The normalized spacial score (nSPS) is 20.5. The van der Waals surface area contributed by atoms with E-state index in [4.69, 9.17) is 0 Å². The monoisotopic (exact) mass is 1210 g/mol. The smallest absolute Gasteiger partial charge is 0.246 e. The lowest BCUT2D eigenvalue weighted by atomic mass is 9.82. The van der Waals surface area contributed by atoms with Crippen LogP contribution < -0.4 is 42.5 Å². The molecule has 478 valence electrons. The highest BCUT2D eigenvalue weighted by molar-refractivity contribution is 5.96. The molecule has 4 aliphatic rings. The molecule has 10 N–H and O–H groups in total. The molecule has 4 aromatic carbocycles. The van der Waals surface area contributed by atoms with E-state index < -0.39 is 78.5 Å². The second-order valence-electron chi connectivity index (χ2n) is 25.1. The van der Waals surface area contributed by atoms with E-state index >= 15 is 0 Å². The first-order valence-electron chi connectivity index (χ1n) is 33.0. The summed E-state index contributed by atoms with van der Waals surface area (Å²) in [6.07, 6.45) is 12.5. The number of amides is 6. The Balaban J connectivity index is 0.920. The van der Waals surface area contributed by atoms with Crippen molar-refractivity contribution in [3.05, 3.63) is 144 Å². The summed E-state index contributed by atoms with van der Waals surface area (Å²) < 4.78 is 0. The number of likely N-dealkylation sites (tertiary alicyclic amines) is 2. The zero-order chi connectivity index (χ0) is 62.4. The fourth-order valence-corrected chi connectivity index (χ4v) is 14.0. The molecular weight excluding hydrogens is 1110 g/mol. The molecule has 0 spiro atoms. The molecule has 18 nitrogen and oxygen atoms in total. The minimum atomic E-state index is -1.21. The molecule has 2 saturated heterocycles. The molecule has 8 rings (SSSR count). The van der Waals surface area contributed by atoms with E-state index in [1.54, 1.807) is 32.8 Å². The van der Waals surface area contributed by atoms with Gasteiger partial charge in [-0.3, -0.25) is 39.0 Å². The Morgan fingerprint density at radius 2 is 0.932 bits per heavy atom. The minimum absolute atomic E-state index is 0.0407. The number of carbonyl (C=O) groups is 6. The first-order chi connectivity index (χ1) is 42.8. The molecule has 18 heteroatoms. The predicted molar refractivity (Wildman–Crippen MR) is 343 cm³/mol. The average molecular weight is 1210 g/mol. The Morgan fingerprint density at radius 1 is 0.489 bits per heavy atom. The van der Waals surface area contributed by atoms with E-state index in [0.717, 1.165) is 106 Å². The Labute approximate surface area is 522 Å². The number of benzene rings is 4. The molecule has 2 saturated carbocycles. The van der Waals surface area contributed by atoms with Gasteiger partial charge in [0.25, 0.3) is 0 Å². The van der Waals surface area contributed by atoms with Gasteiger partial charge < -0.3 is 52.3 Å². The van der Waals surface area contributed by atoms with Crippen LogP contribution in [0.15, 0.2) is 121 Å². The van der Waals surface area contributed by atoms with Gasteiger partial charge in [-0.25, -0.2) is 0 Å². The second kappa shape index (κ2) is 34.4. The lowest BCUT2D eigenvalue weighted by Gasteiger charge is -2.42. The van der Waals surface area contributed by atoms with E-state index in [9.17, 15) is 39.0 Å². The van der Waals surface area contributed by atoms with E-state index in [1.165, 1.54) is 0 Å². The summed E-state index contributed by atoms with van der Waals surface area (Å²) in [5.74, 6) is -2.74. The number of hydrogen-bond donors (Lipinski definition) is 10. The number of hydrogen-bond acceptors (Lipinski definition) is 12. The van der Waals surface area contributed by atoms with E-state index in [-0.39, 0.29) is 41.4 Å². The Kier molecular flexibility index (Phi) is 26.4. The molecular formula is C70H100N10O8. The van der Waals surface area contributed by atoms with Gasteiger partial charge in [-0.1, -0.05) is 173 Å². The summed E-state index contributed by atoms with van der Waals surface area (Å²) >= 11 is 0. The fraction of sp³-hybridized carbons (Fsp3) is 0.571. The average Bonchev–Trinajstić information content (AvgIpc) is 2.30. The molecule has 6 amide bonds. The van der Waals surface area contributed by atoms with Gasteiger partial charge in [0.15, 0.2) is 0 Å². The van der Waals surface area contributed by atoms with Gasteiger partial charge >= 0.3 is 0 Å². The number of likely N-dealkylation sites (N-methyl/N-ethyl adjacent to an activating group) is 2. The van der Waals surface area contributed by atoms with E-state index in [1.807, 2.05) is 126 Å². The molecule has 0 bridgehead atoms. The summed E-state index contributed by atoms with van der Waals surface area (Å²) in [6, 6.07) is 33.4. The first-order valence-corrected chi connectivity index (χ1v) is 33.0. The van der Waals surface area contributed by atoms with Crippen molar-refractivity contribution in [1.82, 2.24) is 52.3 Å². The van der Waals surface area contributed by atoms with Crippen molar-refractivity contribution in [3.8, 4) is 0 Å². The highest BCUT2D eigenvalue weighted by Crippen LogP contribution is 2.35.